The lowest BCUT2D eigenvalue weighted by Gasteiger charge is -2.26. The standard InChI is InChI=1S/C13H15N9O/c14-20-10-9-11(19-13(18-10)21-4-6-23-7-5-21)22(8-17-9)12-15-2-1-3-16-12/h1-3,8H,4-7,14H2,(H,18,19,20). The van der Waals surface area contributed by atoms with Crippen molar-refractivity contribution in [2.24, 2.45) is 5.84 Å². The molecular formula is C13H15N9O. The highest BCUT2D eigenvalue weighted by Crippen LogP contribution is 2.23. The predicted molar refractivity (Wildman–Crippen MR) is 83.1 cm³/mol. The molecule has 23 heavy (non-hydrogen) atoms. The van der Waals surface area contributed by atoms with Gasteiger partial charge in [-0.2, -0.15) is 9.97 Å². The Labute approximate surface area is 131 Å². The third kappa shape index (κ3) is 2.43. The van der Waals surface area contributed by atoms with Crippen LogP contribution in [0.2, 0.25) is 0 Å². The first-order valence-electron chi connectivity index (χ1n) is 7.18. The number of hydrogen-bond donors (Lipinski definition) is 2. The Morgan fingerprint density at radius 1 is 1.04 bits per heavy atom. The van der Waals surface area contributed by atoms with Gasteiger partial charge in [-0.3, -0.25) is 4.57 Å². The van der Waals surface area contributed by atoms with Crippen molar-refractivity contribution in [3.63, 3.8) is 0 Å². The molecule has 1 aliphatic heterocycles. The van der Waals surface area contributed by atoms with Crippen LogP contribution >= 0.6 is 0 Å². The van der Waals surface area contributed by atoms with E-state index in [1.54, 1.807) is 29.4 Å². The summed E-state index contributed by atoms with van der Waals surface area (Å²) in [7, 11) is 0. The Morgan fingerprint density at radius 2 is 1.83 bits per heavy atom. The SMILES string of the molecule is NNc1nc(N2CCOCC2)nc2c1ncn2-c1ncccn1. The molecule has 1 saturated heterocycles. The fourth-order valence-corrected chi connectivity index (χ4v) is 2.46. The molecule has 0 saturated carbocycles. The van der Waals surface area contributed by atoms with E-state index in [0.717, 1.165) is 13.1 Å². The van der Waals surface area contributed by atoms with Gasteiger partial charge in [0, 0.05) is 25.5 Å². The average Bonchev–Trinajstić information content (AvgIpc) is 3.06. The lowest BCUT2D eigenvalue weighted by Crippen LogP contribution is -2.37. The second-order valence-corrected chi connectivity index (χ2v) is 4.95. The zero-order valence-electron chi connectivity index (χ0n) is 12.3. The van der Waals surface area contributed by atoms with E-state index in [4.69, 9.17) is 10.6 Å². The molecule has 4 rings (SSSR count). The molecule has 0 aliphatic carbocycles. The number of nitrogens with two attached hydrogens (primary N) is 1. The molecule has 0 spiro atoms. The number of hydrogen-bond acceptors (Lipinski definition) is 9. The molecule has 4 heterocycles. The molecule has 3 aromatic heterocycles. The molecule has 0 unspecified atom stereocenters. The molecular weight excluding hydrogens is 298 g/mol. The largest absolute Gasteiger partial charge is 0.378 e. The highest BCUT2D eigenvalue weighted by atomic mass is 16.5. The van der Waals surface area contributed by atoms with E-state index in [1.807, 2.05) is 4.90 Å². The van der Waals surface area contributed by atoms with E-state index in [0.29, 0.717) is 42.1 Å². The van der Waals surface area contributed by atoms with E-state index in [9.17, 15) is 0 Å². The first-order chi connectivity index (χ1) is 11.4. The molecule has 10 heteroatoms. The van der Waals surface area contributed by atoms with Gasteiger partial charge in [-0.15, -0.1) is 0 Å². The van der Waals surface area contributed by atoms with E-state index < -0.39 is 0 Å². The molecule has 0 atom stereocenters. The van der Waals surface area contributed by atoms with Gasteiger partial charge in [0.05, 0.1) is 13.2 Å². The maximum absolute atomic E-state index is 5.60. The van der Waals surface area contributed by atoms with Crippen LogP contribution in [0.3, 0.4) is 0 Å². The van der Waals surface area contributed by atoms with Crippen LogP contribution in [-0.2, 0) is 4.74 Å². The summed E-state index contributed by atoms with van der Waals surface area (Å²) in [6.07, 6.45) is 4.94. The van der Waals surface area contributed by atoms with Crippen LogP contribution in [0.5, 0.6) is 0 Å². The van der Waals surface area contributed by atoms with E-state index in [-0.39, 0.29) is 0 Å². The summed E-state index contributed by atoms with van der Waals surface area (Å²) < 4.78 is 7.08. The van der Waals surface area contributed by atoms with Crippen molar-refractivity contribution in [3.8, 4) is 5.95 Å². The number of aromatic nitrogens is 6. The Kier molecular flexibility index (Phi) is 3.44. The average molecular weight is 313 g/mol. The highest BCUT2D eigenvalue weighted by Gasteiger charge is 2.19. The Hall–Kier alpha value is -2.85. The number of nitrogens with one attached hydrogen (secondary N) is 1. The van der Waals surface area contributed by atoms with Crippen LogP contribution in [0.4, 0.5) is 11.8 Å². The summed E-state index contributed by atoms with van der Waals surface area (Å²) >= 11 is 0. The minimum Gasteiger partial charge on any atom is -0.378 e. The smallest absolute Gasteiger partial charge is 0.236 e. The minimum absolute atomic E-state index is 0.464. The lowest BCUT2D eigenvalue weighted by molar-refractivity contribution is 0.122. The monoisotopic (exact) mass is 313 g/mol. The lowest BCUT2D eigenvalue weighted by atomic mass is 10.4. The van der Waals surface area contributed by atoms with Gasteiger partial charge in [0.15, 0.2) is 17.0 Å². The summed E-state index contributed by atoms with van der Waals surface area (Å²) in [6.45, 7) is 2.75. The van der Waals surface area contributed by atoms with Gasteiger partial charge in [-0.25, -0.2) is 20.8 Å². The second kappa shape index (κ2) is 5.74. The predicted octanol–water partition coefficient (Wildman–Crippen LogP) is -0.272. The van der Waals surface area contributed by atoms with Crippen LogP contribution in [0, 0.1) is 0 Å². The third-order valence-electron chi connectivity index (χ3n) is 3.58. The van der Waals surface area contributed by atoms with Crippen LogP contribution in [0.15, 0.2) is 24.8 Å². The third-order valence-corrected chi connectivity index (χ3v) is 3.58. The molecule has 3 N–H and O–H groups in total. The number of hydrazine groups is 1. The fourth-order valence-electron chi connectivity index (χ4n) is 2.46. The fraction of sp³-hybridized carbons (Fsp3) is 0.308. The van der Waals surface area contributed by atoms with Crippen LogP contribution in [0.25, 0.3) is 17.1 Å². The van der Waals surface area contributed by atoms with Gasteiger partial charge in [0.25, 0.3) is 0 Å². The Balaban J connectivity index is 1.86. The summed E-state index contributed by atoms with van der Waals surface area (Å²) in [5.41, 5.74) is 3.75. The first kappa shape index (κ1) is 13.8. The molecule has 3 aromatic rings. The molecule has 1 fully saturated rings. The number of nitrogens with zero attached hydrogens (tertiary/aromatic N) is 7. The van der Waals surface area contributed by atoms with Crippen molar-refractivity contribution in [2.75, 3.05) is 36.6 Å². The minimum atomic E-state index is 0.464. The Morgan fingerprint density at radius 3 is 2.57 bits per heavy atom. The second-order valence-electron chi connectivity index (χ2n) is 4.95. The highest BCUT2D eigenvalue weighted by molar-refractivity contribution is 5.85. The zero-order valence-corrected chi connectivity index (χ0v) is 12.3. The molecule has 0 radical (unpaired) electrons. The number of anilines is 2. The van der Waals surface area contributed by atoms with Crippen LogP contribution in [-0.4, -0.2) is 55.8 Å². The number of ether oxygens (including phenoxy) is 1. The number of nitrogen functional groups attached to an aromatic ring is 1. The summed E-state index contributed by atoms with van der Waals surface area (Å²) in [5, 5.41) is 0. The number of fused-ring (bicyclic) bond motifs is 1. The first-order valence-corrected chi connectivity index (χ1v) is 7.18. The molecule has 0 amide bonds. The topological polar surface area (TPSA) is 120 Å². The summed E-state index contributed by atoms with van der Waals surface area (Å²) in [5.74, 6) is 7.13. The molecule has 1 aliphatic rings. The van der Waals surface area contributed by atoms with E-state index in [2.05, 4.69) is 30.3 Å². The molecule has 10 nitrogen and oxygen atoms in total. The van der Waals surface area contributed by atoms with Gasteiger partial charge in [-0.1, -0.05) is 0 Å². The van der Waals surface area contributed by atoms with Crippen molar-refractivity contribution in [3.05, 3.63) is 24.8 Å². The van der Waals surface area contributed by atoms with Gasteiger partial charge in [-0.05, 0) is 6.07 Å². The van der Waals surface area contributed by atoms with E-state index >= 15 is 0 Å². The molecule has 118 valence electrons. The van der Waals surface area contributed by atoms with Gasteiger partial charge in [0.1, 0.15) is 6.33 Å². The van der Waals surface area contributed by atoms with Crippen LogP contribution < -0.4 is 16.2 Å². The van der Waals surface area contributed by atoms with Crippen molar-refractivity contribution in [1.29, 1.82) is 0 Å². The summed E-state index contributed by atoms with van der Waals surface area (Å²) in [6, 6.07) is 1.75. The van der Waals surface area contributed by atoms with Gasteiger partial charge in [0.2, 0.25) is 11.9 Å². The van der Waals surface area contributed by atoms with Crippen molar-refractivity contribution in [1.82, 2.24) is 29.5 Å². The van der Waals surface area contributed by atoms with Crippen molar-refractivity contribution < 1.29 is 4.74 Å². The molecule has 0 bridgehead atoms. The van der Waals surface area contributed by atoms with Gasteiger partial charge >= 0.3 is 0 Å². The van der Waals surface area contributed by atoms with Crippen molar-refractivity contribution >= 4 is 22.9 Å². The maximum atomic E-state index is 5.60. The number of morpholine rings is 1. The van der Waals surface area contributed by atoms with Gasteiger partial charge < -0.3 is 15.1 Å². The maximum Gasteiger partial charge on any atom is 0.236 e. The number of imidazole rings is 1. The zero-order chi connectivity index (χ0) is 15.6. The molecule has 0 aromatic carbocycles. The van der Waals surface area contributed by atoms with Crippen molar-refractivity contribution in [2.45, 2.75) is 0 Å². The van der Waals surface area contributed by atoms with Crippen LogP contribution in [0.1, 0.15) is 0 Å². The van der Waals surface area contributed by atoms with E-state index in [1.165, 1.54) is 0 Å². The summed E-state index contributed by atoms with van der Waals surface area (Å²) in [4.78, 5) is 23.9. The Bertz CT molecular complexity index is 813. The normalized spacial score (nSPS) is 15.1. The quantitative estimate of drug-likeness (QED) is 0.497. The number of rotatable bonds is 3.